The van der Waals surface area contributed by atoms with Crippen LogP contribution in [0.25, 0.3) is 0 Å². The van der Waals surface area contributed by atoms with Gasteiger partial charge in [0.1, 0.15) is 12.2 Å². The van der Waals surface area contributed by atoms with Crippen LogP contribution in [0.5, 0.6) is 0 Å². The molecule has 1 heterocycles. The Morgan fingerprint density at radius 1 is 1.23 bits per heavy atom. The zero-order chi connectivity index (χ0) is 18.8. The maximum absolute atomic E-state index is 10.5. The first kappa shape index (κ1) is 21.1. The van der Waals surface area contributed by atoms with E-state index in [0.717, 1.165) is 44.9 Å². The number of unbranched alkanes of at least 4 members (excludes halogenated alkanes) is 3. The number of rotatable bonds is 13. The van der Waals surface area contributed by atoms with Gasteiger partial charge in [0.25, 0.3) is 0 Å². The van der Waals surface area contributed by atoms with Gasteiger partial charge in [-0.25, -0.2) is 14.7 Å². The van der Waals surface area contributed by atoms with E-state index in [1.165, 1.54) is 0 Å². The highest BCUT2D eigenvalue weighted by atomic mass is 17.2. The number of allylic oxidation sites excluding steroid dienone is 2. The quantitative estimate of drug-likeness (QED) is 0.215. The minimum Gasteiger partial charge on any atom is -0.481 e. The van der Waals surface area contributed by atoms with Gasteiger partial charge in [-0.05, 0) is 25.7 Å². The van der Waals surface area contributed by atoms with E-state index in [0.29, 0.717) is 12.3 Å². The van der Waals surface area contributed by atoms with E-state index in [1.807, 2.05) is 6.08 Å². The summed E-state index contributed by atoms with van der Waals surface area (Å²) in [7, 11) is 0. The minimum atomic E-state index is -0.748. The van der Waals surface area contributed by atoms with E-state index in [-0.39, 0.29) is 30.7 Å². The third-order valence-electron chi connectivity index (χ3n) is 5.28. The van der Waals surface area contributed by atoms with E-state index >= 15 is 0 Å². The molecule has 0 spiro atoms. The molecule has 0 aromatic carbocycles. The average molecular weight is 368 g/mol. The zero-order valence-corrected chi connectivity index (χ0v) is 15.6. The van der Waals surface area contributed by atoms with Crippen LogP contribution in [0.2, 0.25) is 0 Å². The van der Waals surface area contributed by atoms with Crippen molar-refractivity contribution in [2.75, 3.05) is 0 Å². The molecule has 1 aliphatic heterocycles. The van der Waals surface area contributed by atoms with Crippen molar-refractivity contribution < 1.29 is 29.8 Å². The monoisotopic (exact) mass is 368 g/mol. The largest absolute Gasteiger partial charge is 0.481 e. The summed E-state index contributed by atoms with van der Waals surface area (Å²) in [6.45, 7) is 2.15. The van der Waals surface area contributed by atoms with Crippen LogP contribution in [0.3, 0.4) is 0 Å². The number of fused-ring (bicyclic) bond motifs is 2. The van der Waals surface area contributed by atoms with E-state index < -0.39 is 5.97 Å². The fraction of sp³-hybridized carbons (Fsp3) is 0.750. The van der Waals surface area contributed by atoms with Gasteiger partial charge in [0.05, 0.1) is 6.10 Å². The molecule has 0 radical (unpaired) electrons. The Hall–Kier alpha value is -1.21. The van der Waals surface area contributed by atoms with Crippen molar-refractivity contribution in [1.29, 1.82) is 0 Å². The summed E-state index contributed by atoms with van der Waals surface area (Å²) >= 11 is 0. The molecule has 1 unspecified atom stereocenters. The summed E-state index contributed by atoms with van der Waals surface area (Å²) in [5.41, 5.74) is 0. The Morgan fingerprint density at radius 3 is 2.77 bits per heavy atom. The molecular weight excluding hydrogens is 336 g/mol. The van der Waals surface area contributed by atoms with Crippen molar-refractivity contribution in [3.05, 3.63) is 24.3 Å². The number of carbonyl (C=O) groups is 1. The smallest absolute Gasteiger partial charge is 0.303 e. The van der Waals surface area contributed by atoms with Gasteiger partial charge in [0.15, 0.2) is 0 Å². The van der Waals surface area contributed by atoms with Gasteiger partial charge in [-0.15, -0.1) is 0 Å². The molecule has 2 N–H and O–H groups in total. The van der Waals surface area contributed by atoms with Crippen molar-refractivity contribution in [2.45, 2.75) is 83.0 Å². The van der Waals surface area contributed by atoms with E-state index in [9.17, 15) is 4.79 Å². The Kier molecular flexibility index (Phi) is 9.32. The predicted octanol–water partition coefficient (Wildman–Crippen LogP) is 4.52. The van der Waals surface area contributed by atoms with Crippen molar-refractivity contribution in [1.82, 2.24) is 0 Å². The Labute approximate surface area is 155 Å². The van der Waals surface area contributed by atoms with Crippen molar-refractivity contribution in [3.63, 3.8) is 0 Å². The molecule has 6 nitrogen and oxygen atoms in total. The molecule has 2 rings (SSSR count). The van der Waals surface area contributed by atoms with Gasteiger partial charge < -0.3 is 5.11 Å². The predicted molar refractivity (Wildman–Crippen MR) is 97.4 cm³/mol. The third-order valence-corrected chi connectivity index (χ3v) is 5.28. The summed E-state index contributed by atoms with van der Waals surface area (Å²) in [5.74, 6) is -0.154. The Balaban J connectivity index is 1.82. The molecule has 0 aromatic heterocycles. The summed E-state index contributed by atoms with van der Waals surface area (Å²) in [6.07, 6.45) is 15.7. The average Bonchev–Trinajstić information content (AvgIpc) is 3.22. The van der Waals surface area contributed by atoms with E-state index in [1.54, 1.807) is 0 Å². The van der Waals surface area contributed by atoms with Crippen molar-refractivity contribution in [2.24, 2.45) is 11.8 Å². The molecule has 5 atom stereocenters. The number of hydrogen-bond acceptors (Lipinski definition) is 5. The summed E-state index contributed by atoms with van der Waals surface area (Å²) in [6, 6.07) is 0. The number of hydrogen-bond donors (Lipinski definition) is 2. The normalized spacial score (nSPS) is 29.2. The lowest BCUT2D eigenvalue weighted by Gasteiger charge is -2.27. The van der Waals surface area contributed by atoms with Gasteiger partial charge in [-0.2, -0.15) is 0 Å². The lowest BCUT2D eigenvalue weighted by atomic mass is 9.89. The minimum absolute atomic E-state index is 0.0663. The fourth-order valence-electron chi connectivity index (χ4n) is 3.79. The van der Waals surface area contributed by atoms with Crippen LogP contribution in [0.1, 0.15) is 64.7 Å². The molecular formula is C20H32O6. The van der Waals surface area contributed by atoms with Crippen LogP contribution < -0.4 is 0 Å². The highest BCUT2D eigenvalue weighted by molar-refractivity contribution is 5.66. The maximum Gasteiger partial charge on any atom is 0.303 e. The van der Waals surface area contributed by atoms with Crippen LogP contribution in [-0.2, 0) is 19.5 Å². The van der Waals surface area contributed by atoms with Gasteiger partial charge >= 0.3 is 5.97 Å². The SMILES string of the molecule is CCCCC[C@@H](/C=C/[C@H]1[C@@H]2CC(OO2)[C@@H]1C/C=C\CCCC(=O)O)OO. The standard InChI is InChI=1S/C20H32O6/c1-2-3-6-9-15(24-23)12-13-17-16(18-14-19(17)26-25-18)10-7-4-5-8-11-20(21)22/h4,7,12-13,15-19,23H,2-3,5-6,8-11,14H2,1H3,(H,21,22)/b7-4-,13-12+/t15-,16+,17+,18?,19-/m0/s1. The van der Waals surface area contributed by atoms with Crippen LogP contribution in [0, 0.1) is 11.8 Å². The third kappa shape index (κ3) is 6.50. The van der Waals surface area contributed by atoms with Gasteiger partial charge in [-0.1, -0.05) is 50.5 Å². The molecule has 1 aliphatic carbocycles. The molecule has 0 amide bonds. The van der Waals surface area contributed by atoms with E-state index in [2.05, 4.69) is 30.0 Å². The van der Waals surface area contributed by atoms with Crippen LogP contribution in [0.15, 0.2) is 24.3 Å². The van der Waals surface area contributed by atoms with Gasteiger partial charge in [0.2, 0.25) is 0 Å². The number of aliphatic carboxylic acids is 1. The molecule has 2 aliphatic rings. The molecule has 148 valence electrons. The highest BCUT2D eigenvalue weighted by Crippen LogP contribution is 2.44. The summed E-state index contributed by atoms with van der Waals surface area (Å²) in [4.78, 5) is 25.9. The Bertz CT molecular complexity index is 475. The Morgan fingerprint density at radius 2 is 2.04 bits per heavy atom. The van der Waals surface area contributed by atoms with Gasteiger partial charge in [-0.3, -0.25) is 10.1 Å². The van der Waals surface area contributed by atoms with Crippen LogP contribution in [-0.4, -0.2) is 34.6 Å². The second-order valence-electron chi connectivity index (χ2n) is 7.26. The van der Waals surface area contributed by atoms with Crippen molar-refractivity contribution >= 4 is 5.97 Å². The topological polar surface area (TPSA) is 85.2 Å². The lowest BCUT2D eigenvalue weighted by molar-refractivity contribution is -0.336. The first-order valence-electron chi connectivity index (χ1n) is 9.83. The van der Waals surface area contributed by atoms with Crippen LogP contribution in [0.4, 0.5) is 0 Å². The van der Waals surface area contributed by atoms with Crippen molar-refractivity contribution in [3.8, 4) is 0 Å². The first-order valence-corrected chi connectivity index (χ1v) is 9.83. The molecule has 1 saturated carbocycles. The first-order chi connectivity index (χ1) is 12.7. The van der Waals surface area contributed by atoms with Crippen LogP contribution >= 0.6 is 0 Å². The summed E-state index contributed by atoms with van der Waals surface area (Å²) < 4.78 is 0. The zero-order valence-electron chi connectivity index (χ0n) is 15.6. The maximum atomic E-state index is 10.5. The van der Waals surface area contributed by atoms with Gasteiger partial charge in [0, 0.05) is 24.7 Å². The summed E-state index contributed by atoms with van der Waals surface area (Å²) in [5, 5.41) is 17.8. The second-order valence-corrected chi connectivity index (χ2v) is 7.26. The molecule has 2 bridgehead atoms. The molecule has 1 saturated heterocycles. The molecule has 26 heavy (non-hydrogen) atoms. The highest BCUT2D eigenvalue weighted by Gasteiger charge is 2.49. The number of carboxylic acids is 1. The molecule has 6 heteroatoms. The molecule has 0 aromatic rings. The second kappa shape index (κ2) is 11.5. The lowest BCUT2D eigenvalue weighted by Crippen LogP contribution is -2.29. The number of carboxylic acid groups (broad SMARTS) is 1. The molecule has 2 fully saturated rings. The van der Waals surface area contributed by atoms with E-state index in [4.69, 9.17) is 20.1 Å². The fourth-order valence-corrected chi connectivity index (χ4v) is 3.79.